The molecule has 78 valence electrons. The fourth-order valence-corrected chi connectivity index (χ4v) is 3.09. The molecule has 1 saturated heterocycles. The molecule has 4 nitrogen and oxygen atoms in total. The van der Waals surface area contributed by atoms with Crippen LogP contribution in [0.1, 0.15) is 13.3 Å². The Labute approximate surface area is 93.0 Å². The van der Waals surface area contributed by atoms with E-state index in [0.29, 0.717) is 4.05 Å². The summed E-state index contributed by atoms with van der Waals surface area (Å²) in [5.74, 6) is 0.361. The molecule has 13 heavy (non-hydrogen) atoms. The van der Waals surface area contributed by atoms with Crippen molar-refractivity contribution in [2.24, 2.45) is 11.1 Å². The van der Waals surface area contributed by atoms with Crippen molar-refractivity contribution >= 4 is 32.6 Å². The Morgan fingerprint density at radius 3 is 2.69 bits per heavy atom. The van der Waals surface area contributed by atoms with E-state index in [0.717, 1.165) is 19.5 Å². The molecule has 0 radical (unpaired) electrons. The van der Waals surface area contributed by atoms with E-state index < -0.39 is 10.0 Å². The van der Waals surface area contributed by atoms with E-state index in [4.69, 9.17) is 5.14 Å². The quantitative estimate of drug-likeness (QED) is 0.465. The highest BCUT2D eigenvalue weighted by Crippen LogP contribution is 2.21. The average molecular weight is 318 g/mol. The van der Waals surface area contributed by atoms with Gasteiger partial charge in [-0.05, 0) is 25.8 Å². The maximum atomic E-state index is 10.8. The van der Waals surface area contributed by atoms with Crippen LogP contribution in [0.15, 0.2) is 0 Å². The van der Waals surface area contributed by atoms with Crippen LogP contribution in [0.4, 0.5) is 0 Å². The second-order valence-corrected chi connectivity index (χ2v) is 7.01. The fraction of sp³-hybridized carbons (Fsp3) is 1.00. The highest BCUT2D eigenvalue weighted by Gasteiger charge is 2.27. The van der Waals surface area contributed by atoms with Crippen LogP contribution < -0.4 is 5.14 Å². The number of primary sulfonamides is 1. The monoisotopic (exact) mass is 318 g/mol. The molecule has 1 fully saturated rings. The fourth-order valence-electron chi connectivity index (χ4n) is 1.65. The highest BCUT2D eigenvalue weighted by molar-refractivity contribution is 14.1. The van der Waals surface area contributed by atoms with Crippen molar-refractivity contribution < 1.29 is 8.42 Å². The van der Waals surface area contributed by atoms with Gasteiger partial charge in [0.05, 0.1) is 9.80 Å². The maximum Gasteiger partial charge on any atom is 0.209 e. The Bertz CT molecular complexity index is 266. The second-order valence-electron chi connectivity index (χ2n) is 3.55. The Morgan fingerprint density at radius 2 is 2.31 bits per heavy atom. The lowest BCUT2D eigenvalue weighted by Gasteiger charge is -2.18. The SMILES string of the molecule is CC(I)N1CCC(CS(N)(=O)=O)C1. The van der Waals surface area contributed by atoms with E-state index in [1.54, 1.807) is 0 Å². The number of likely N-dealkylation sites (tertiary alicyclic amines) is 1. The van der Waals surface area contributed by atoms with Crippen molar-refractivity contribution in [2.45, 2.75) is 17.4 Å². The zero-order chi connectivity index (χ0) is 10.1. The molecule has 0 amide bonds. The molecule has 6 heteroatoms. The van der Waals surface area contributed by atoms with Crippen LogP contribution >= 0.6 is 22.6 Å². The number of halogens is 1. The van der Waals surface area contributed by atoms with Crippen molar-refractivity contribution in [3.63, 3.8) is 0 Å². The van der Waals surface area contributed by atoms with Crippen LogP contribution in [0, 0.1) is 5.92 Å². The smallest absolute Gasteiger partial charge is 0.209 e. The van der Waals surface area contributed by atoms with Crippen LogP contribution in [0.5, 0.6) is 0 Å². The molecule has 0 spiro atoms. The molecule has 0 aromatic heterocycles. The zero-order valence-electron chi connectivity index (χ0n) is 7.61. The van der Waals surface area contributed by atoms with Gasteiger partial charge in [-0.2, -0.15) is 0 Å². The lowest BCUT2D eigenvalue weighted by atomic mass is 10.2. The Morgan fingerprint density at radius 1 is 1.69 bits per heavy atom. The van der Waals surface area contributed by atoms with Gasteiger partial charge in [-0.1, -0.05) is 22.6 Å². The van der Waals surface area contributed by atoms with E-state index in [1.165, 1.54) is 0 Å². The number of alkyl halides is 1. The van der Waals surface area contributed by atoms with Crippen molar-refractivity contribution in [1.82, 2.24) is 4.90 Å². The van der Waals surface area contributed by atoms with E-state index in [2.05, 4.69) is 34.4 Å². The topological polar surface area (TPSA) is 63.4 Å². The molecule has 0 bridgehead atoms. The predicted molar refractivity (Wildman–Crippen MR) is 61.1 cm³/mol. The van der Waals surface area contributed by atoms with E-state index in [1.807, 2.05) is 0 Å². The highest BCUT2D eigenvalue weighted by atomic mass is 127. The van der Waals surface area contributed by atoms with Gasteiger partial charge in [0.25, 0.3) is 0 Å². The molecule has 2 atom stereocenters. The summed E-state index contributed by atoms with van der Waals surface area (Å²) in [4.78, 5) is 2.27. The van der Waals surface area contributed by atoms with Gasteiger partial charge >= 0.3 is 0 Å². The third-order valence-corrected chi connectivity index (χ3v) is 4.01. The van der Waals surface area contributed by atoms with Crippen LogP contribution in [0.2, 0.25) is 0 Å². The lowest BCUT2D eigenvalue weighted by Crippen LogP contribution is -2.29. The predicted octanol–water partition coefficient (Wildman–Crippen LogP) is 0.378. The number of sulfonamides is 1. The maximum absolute atomic E-state index is 10.8. The minimum atomic E-state index is -3.29. The molecule has 2 N–H and O–H groups in total. The summed E-state index contributed by atoms with van der Waals surface area (Å²) >= 11 is 2.34. The van der Waals surface area contributed by atoms with Gasteiger partial charge in [0, 0.05) is 6.54 Å². The molecule has 1 heterocycles. The molecule has 0 saturated carbocycles. The van der Waals surface area contributed by atoms with Gasteiger partial charge in [0.15, 0.2) is 0 Å². The first-order chi connectivity index (χ1) is 5.88. The summed E-state index contributed by atoms with van der Waals surface area (Å²) in [6.45, 7) is 3.96. The van der Waals surface area contributed by atoms with E-state index >= 15 is 0 Å². The van der Waals surface area contributed by atoms with Crippen LogP contribution in [0.25, 0.3) is 0 Å². The zero-order valence-corrected chi connectivity index (χ0v) is 10.6. The summed E-state index contributed by atoms with van der Waals surface area (Å²) in [7, 11) is -3.29. The van der Waals surface area contributed by atoms with E-state index in [-0.39, 0.29) is 11.7 Å². The number of nitrogens with zero attached hydrogens (tertiary/aromatic N) is 1. The van der Waals surface area contributed by atoms with Gasteiger partial charge in [-0.3, -0.25) is 4.90 Å². The molecule has 1 rings (SSSR count). The van der Waals surface area contributed by atoms with Crippen molar-refractivity contribution in [3.8, 4) is 0 Å². The largest absolute Gasteiger partial charge is 0.292 e. The minimum absolute atomic E-state index is 0.132. The van der Waals surface area contributed by atoms with Gasteiger partial charge in [0.1, 0.15) is 0 Å². The standard InChI is InChI=1S/C7H15IN2O2S/c1-6(8)10-3-2-7(4-10)5-13(9,11)12/h6-7H,2-5H2,1H3,(H2,9,11,12). The van der Waals surface area contributed by atoms with Gasteiger partial charge in [-0.25, -0.2) is 13.6 Å². The number of hydrogen-bond acceptors (Lipinski definition) is 3. The van der Waals surface area contributed by atoms with Crippen LogP contribution in [-0.2, 0) is 10.0 Å². The van der Waals surface area contributed by atoms with Crippen molar-refractivity contribution in [1.29, 1.82) is 0 Å². The minimum Gasteiger partial charge on any atom is -0.292 e. The van der Waals surface area contributed by atoms with Gasteiger partial charge < -0.3 is 0 Å². The number of hydrogen-bond donors (Lipinski definition) is 1. The Kier molecular flexibility index (Phi) is 3.96. The Balaban J connectivity index is 2.42. The second kappa shape index (κ2) is 4.41. The first kappa shape index (κ1) is 11.7. The van der Waals surface area contributed by atoms with Gasteiger partial charge in [-0.15, -0.1) is 0 Å². The summed E-state index contributed by atoms with van der Waals surface area (Å²) < 4.78 is 22.1. The molecule has 1 aliphatic rings. The molecule has 1 aliphatic heterocycles. The van der Waals surface area contributed by atoms with Crippen molar-refractivity contribution in [2.75, 3.05) is 18.8 Å². The normalized spacial score (nSPS) is 27.8. The molecular weight excluding hydrogens is 303 g/mol. The van der Waals surface area contributed by atoms with Crippen LogP contribution in [-0.4, -0.2) is 36.2 Å². The molecular formula is C7H15IN2O2S. The molecule has 0 aromatic carbocycles. The third kappa shape index (κ3) is 4.09. The number of nitrogens with two attached hydrogens (primary N) is 1. The molecule has 2 unspecified atom stereocenters. The van der Waals surface area contributed by atoms with Crippen molar-refractivity contribution in [3.05, 3.63) is 0 Å². The van der Waals surface area contributed by atoms with E-state index in [9.17, 15) is 8.42 Å². The first-order valence-electron chi connectivity index (χ1n) is 4.27. The third-order valence-electron chi connectivity index (χ3n) is 2.29. The molecule has 0 aromatic rings. The lowest BCUT2D eigenvalue weighted by molar-refractivity contribution is 0.333. The van der Waals surface area contributed by atoms with Crippen LogP contribution in [0.3, 0.4) is 0 Å². The summed E-state index contributed by atoms with van der Waals surface area (Å²) in [5.41, 5.74) is 0. The summed E-state index contributed by atoms with van der Waals surface area (Å²) in [6, 6.07) is 0. The first-order valence-corrected chi connectivity index (χ1v) is 7.23. The number of rotatable bonds is 3. The van der Waals surface area contributed by atoms with Gasteiger partial charge in [0.2, 0.25) is 10.0 Å². The average Bonchev–Trinajstić information content (AvgIpc) is 2.31. The summed E-state index contributed by atoms with van der Waals surface area (Å²) in [5, 5.41) is 4.99. The molecule has 0 aliphatic carbocycles. The Hall–Kier alpha value is 0.600. The summed E-state index contributed by atoms with van der Waals surface area (Å²) in [6.07, 6.45) is 0.948.